The predicted molar refractivity (Wildman–Crippen MR) is 70.5 cm³/mol. The fraction of sp³-hybridized carbons (Fsp3) is 0.667. The van der Waals surface area contributed by atoms with Gasteiger partial charge in [-0.25, -0.2) is 0 Å². The van der Waals surface area contributed by atoms with E-state index >= 15 is 0 Å². The third-order valence-electron chi connectivity index (χ3n) is 3.19. The van der Waals surface area contributed by atoms with Crippen LogP contribution in [0.15, 0.2) is 15.9 Å². The summed E-state index contributed by atoms with van der Waals surface area (Å²) in [5.41, 5.74) is 0. The van der Waals surface area contributed by atoms with Crippen LogP contribution in [-0.2, 0) is 0 Å². The summed E-state index contributed by atoms with van der Waals surface area (Å²) in [4.78, 5) is 4.12. The molecule has 0 saturated carbocycles. The number of halogens is 1. The van der Waals surface area contributed by atoms with Crippen molar-refractivity contribution in [2.45, 2.75) is 38.6 Å². The van der Waals surface area contributed by atoms with Crippen LogP contribution in [0.3, 0.4) is 0 Å². The van der Waals surface area contributed by atoms with Gasteiger partial charge in [0.25, 0.3) is 0 Å². The molecule has 1 saturated heterocycles. The Morgan fingerprint density at radius 2 is 1.87 bits per heavy atom. The maximum absolute atomic E-state index is 3.54. The number of nitrogens with zero attached hydrogens (tertiary/aromatic N) is 1. The Kier molecular flexibility index (Phi) is 4.23. The summed E-state index contributed by atoms with van der Waals surface area (Å²) in [6.07, 6.45) is 5.57. The van der Waals surface area contributed by atoms with E-state index in [1.165, 1.54) is 47.4 Å². The molecule has 3 heteroatoms. The van der Waals surface area contributed by atoms with Crippen LogP contribution in [0.25, 0.3) is 0 Å². The van der Waals surface area contributed by atoms with Crippen LogP contribution in [0.5, 0.6) is 0 Å². The molecule has 1 aromatic rings. The molecule has 1 aromatic heterocycles. The van der Waals surface area contributed by atoms with Crippen LogP contribution in [-0.4, -0.2) is 18.0 Å². The smallest absolute Gasteiger partial charge is 0.0701 e. The van der Waals surface area contributed by atoms with Crippen LogP contribution in [0.2, 0.25) is 0 Å². The summed E-state index contributed by atoms with van der Waals surface area (Å²) < 4.78 is 1.25. The molecular weight excluding hydrogens is 270 g/mol. The quantitative estimate of drug-likeness (QED) is 0.777. The largest absolute Gasteiger partial charge is 0.296 e. The molecule has 0 spiro atoms. The molecule has 1 aliphatic heterocycles. The number of hydrogen-bond donors (Lipinski definition) is 0. The Labute approximate surface area is 105 Å². The monoisotopic (exact) mass is 287 g/mol. The zero-order valence-corrected chi connectivity index (χ0v) is 11.6. The summed E-state index contributed by atoms with van der Waals surface area (Å²) in [5.74, 6) is 0. The molecule has 2 heterocycles. The average molecular weight is 288 g/mol. The number of thiophene rings is 1. The highest BCUT2D eigenvalue weighted by Gasteiger charge is 2.18. The summed E-state index contributed by atoms with van der Waals surface area (Å²) in [6, 6.07) is 5.01. The van der Waals surface area contributed by atoms with E-state index in [4.69, 9.17) is 0 Å². The first-order chi connectivity index (χ1) is 7.27. The average Bonchev–Trinajstić information content (AvgIpc) is 2.53. The van der Waals surface area contributed by atoms with E-state index in [-0.39, 0.29) is 0 Å². The third kappa shape index (κ3) is 3.05. The molecule has 0 bridgehead atoms. The molecule has 0 aromatic carbocycles. The third-order valence-corrected chi connectivity index (χ3v) is 4.99. The first-order valence-corrected chi connectivity index (χ1v) is 7.37. The van der Waals surface area contributed by atoms with Crippen LogP contribution in [0.4, 0.5) is 0 Å². The minimum Gasteiger partial charge on any atom is -0.296 e. The Bertz CT molecular complexity index is 302. The highest BCUT2D eigenvalue weighted by Crippen LogP contribution is 2.31. The van der Waals surface area contributed by atoms with Gasteiger partial charge < -0.3 is 0 Å². The van der Waals surface area contributed by atoms with E-state index < -0.39 is 0 Å². The summed E-state index contributed by atoms with van der Waals surface area (Å²) in [7, 11) is 0. The SMILES string of the molecule is CC(c1ccc(Br)s1)N1CCCCCC1. The molecule has 84 valence electrons. The molecule has 1 nitrogen and oxygen atoms in total. The first kappa shape index (κ1) is 11.6. The van der Waals surface area contributed by atoms with Crippen molar-refractivity contribution in [3.05, 3.63) is 20.8 Å². The minimum absolute atomic E-state index is 0.597. The fourth-order valence-electron chi connectivity index (χ4n) is 2.22. The van der Waals surface area contributed by atoms with Gasteiger partial charge in [-0.05, 0) is 60.9 Å². The van der Waals surface area contributed by atoms with Crippen LogP contribution in [0, 0.1) is 0 Å². The first-order valence-electron chi connectivity index (χ1n) is 5.76. The highest BCUT2D eigenvalue weighted by atomic mass is 79.9. The van der Waals surface area contributed by atoms with Crippen molar-refractivity contribution in [3.8, 4) is 0 Å². The summed E-state index contributed by atoms with van der Waals surface area (Å²) in [6.45, 7) is 4.89. The highest BCUT2D eigenvalue weighted by molar-refractivity contribution is 9.11. The van der Waals surface area contributed by atoms with Crippen molar-refractivity contribution in [2.75, 3.05) is 13.1 Å². The standard InChI is InChI=1S/C12H18BrNS/c1-10(11-6-7-12(13)15-11)14-8-4-2-3-5-9-14/h6-7,10H,2-5,8-9H2,1H3. The maximum Gasteiger partial charge on any atom is 0.0701 e. The molecule has 1 aliphatic rings. The molecule has 15 heavy (non-hydrogen) atoms. The lowest BCUT2D eigenvalue weighted by Gasteiger charge is -2.26. The fourth-order valence-corrected chi connectivity index (χ4v) is 3.73. The molecule has 1 unspecified atom stereocenters. The van der Waals surface area contributed by atoms with E-state index in [0.717, 1.165) is 0 Å². The van der Waals surface area contributed by atoms with Crippen molar-refractivity contribution in [2.24, 2.45) is 0 Å². The van der Waals surface area contributed by atoms with Gasteiger partial charge in [-0.3, -0.25) is 4.90 Å². The van der Waals surface area contributed by atoms with Gasteiger partial charge in [-0.1, -0.05) is 12.8 Å². The molecule has 0 amide bonds. The minimum atomic E-state index is 0.597. The predicted octanol–water partition coefficient (Wildman–Crippen LogP) is 4.45. The van der Waals surface area contributed by atoms with Crippen LogP contribution >= 0.6 is 27.3 Å². The Morgan fingerprint density at radius 3 is 2.40 bits per heavy atom. The van der Waals surface area contributed by atoms with Crippen molar-refractivity contribution in [1.82, 2.24) is 4.90 Å². The second kappa shape index (κ2) is 5.46. The Hall–Kier alpha value is 0.140. The Morgan fingerprint density at radius 1 is 1.20 bits per heavy atom. The molecular formula is C12H18BrNS. The van der Waals surface area contributed by atoms with Crippen molar-refractivity contribution in [3.63, 3.8) is 0 Å². The molecule has 1 atom stereocenters. The number of likely N-dealkylation sites (tertiary alicyclic amines) is 1. The van der Waals surface area contributed by atoms with E-state index in [9.17, 15) is 0 Å². The van der Waals surface area contributed by atoms with Crippen LogP contribution < -0.4 is 0 Å². The lowest BCUT2D eigenvalue weighted by Crippen LogP contribution is -2.27. The van der Waals surface area contributed by atoms with Crippen molar-refractivity contribution >= 4 is 27.3 Å². The van der Waals surface area contributed by atoms with Gasteiger partial charge in [0.05, 0.1) is 3.79 Å². The normalized spacial score (nSPS) is 21.2. The second-order valence-electron chi connectivity index (χ2n) is 4.27. The molecule has 0 radical (unpaired) electrons. The van der Waals surface area contributed by atoms with Gasteiger partial charge in [0, 0.05) is 10.9 Å². The van der Waals surface area contributed by atoms with Gasteiger partial charge in [-0.2, -0.15) is 0 Å². The zero-order chi connectivity index (χ0) is 10.7. The Balaban J connectivity index is 2.02. The van der Waals surface area contributed by atoms with Gasteiger partial charge in [-0.15, -0.1) is 11.3 Å². The lowest BCUT2D eigenvalue weighted by atomic mass is 10.2. The topological polar surface area (TPSA) is 3.24 Å². The van der Waals surface area contributed by atoms with Gasteiger partial charge in [0.1, 0.15) is 0 Å². The van der Waals surface area contributed by atoms with E-state index in [1.807, 2.05) is 11.3 Å². The van der Waals surface area contributed by atoms with E-state index in [0.29, 0.717) is 6.04 Å². The molecule has 0 N–H and O–H groups in total. The van der Waals surface area contributed by atoms with Gasteiger partial charge >= 0.3 is 0 Å². The van der Waals surface area contributed by atoms with Gasteiger partial charge in [0.2, 0.25) is 0 Å². The van der Waals surface area contributed by atoms with E-state index in [1.54, 1.807) is 0 Å². The maximum atomic E-state index is 3.54. The summed E-state index contributed by atoms with van der Waals surface area (Å²) in [5, 5.41) is 0. The molecule has 1 fully saturated rings. The number of hydrogen-bond acceptors (Lipinski definition) is 2. The zero-order valence-electron chi connectivity index (χ0n) is 9.21. The molecule has 0 aliphatic carbocycles. The van der Waals surface area contributed by atoms with Crippen molar-refractivity contribution in [1.29, 1.82) is 0 Å². The van der Waals surface area contributed by atoms with Crippen LogP contribution in [0.1, 0.15) is 43.5 Å². The summed E-state index contributed by atoms with van der Waals surface area (Å²) >= 11 is 5.41. The second-order valence-corrected chi connectivity index (χ2v) is 6.76. The van der Waals surface area contributed by atoms with E-state index in [2.05, 4.69) is 39.9 Å². The van der Waals surface area contributed by atoms with Gasteiger partial charge in [0.15, 0.2) is 0 Å². The lowest BCUT2D eigenvalue weighted by molar-refractivity contribution is 0.222. The molecule has 2 rings (SSSR count). The van der Waals surface area contributed by atoms with Crippen molar-refractivity contribution < 1.29 is 0 Å². The number of rotatable bonds is 2.